The Morgan fingerprint density at radius 2 is 1.93 bits per heavy atom. The zero-order valence-corrected chi connectivity index (χ0v) is 17.1. The molecule has 0 unspecified atom stereocenters. The summed E-state index contributed by atoms with van der Waals surface area (Å²) in [6, 6.07) is 17.3. The Morgan fingerprint density at radius 1 is 1.17 bits per heavy atom. The number of amides is 1. The summed E-state index contributed by atoms with van der Waals surface area (Å²) in [7, 11) is 0. The average Bonchev–Trinajstić information content (AvgIpc) is 3.33. The summed E-state index contributed by atoms with van der Waals surface area (Å²) in [4.78, 5) is 15.7. The number of hydrogen-bond acceptors (Lipinski definition) is 4. The van der Waals surface area contributed by atoms with E-state index in [-0.39, 0.29) is 12.0 Å². The molecule has 0 saturated carbocycles. The number of carbonyl (C=O) groups excluding carboxylic acids is 1. The van der Waals surface area contributed by atoms with E-state index in [1.807, 2.05) is 69.3 Å². The smallest absolute Gasteiger partial charge is 0.289 e. The molecule has 0 aliphatic rings. The molecule has 1 amide bonds. The monoisotopic (exact) mass is 401 g/mol. The minimum Gasteiger partial charge on any atom is -0.491 e. The number of nitrogens with one attached hydrogen (secondary N) is 3. The largest absolute Gasteiger partial charge is 0.491 e. The molecule has 0 aliphatic heterocycles. The van der Waals surface area contributed by atoms with Crippen LogP contribution >= 0.6 is 0 Å². The van der Waals surface area contributed by atoms with Crippen molar-refractivity contribution in [1.29, 1.82) is 0 Å². The lowest BCUT2D eigenvalue weighted by molar-refractivity contribution is 0.0950. The number of hydrogen-bond donors (Lipinski definition) is 3. The highest BCUT2D eigenvalue weighted by Gasteiger charge is 2.11. The van der Waals surface area contributed by atoms with Crippen molar-refractivity contribution in [3.8, 4) is 17.0 Å². The fourth-order valence-corrected chi connectivity index (χ4v) is 3.24. The van der Waals surface area contributed by atoms with Gasteiger partial charge >= 0.3 is 0 Å². The van der Waals surface area contributed by atoms with Gasteiger partial charge in [0.1, 0.15) is 11.4 Å². The van der Waals surface area contributed by atoms with E-state index in [0.717, 1.165) is 33.5 Å². The number of aromatic amines is 2. The third kappa shape index (κ3) is 4.10. The van der Waals surface area contributed by atoms with E-state index in [1.165, 1.54) is 0 Å². The number of H-pyrrole nitrogens is 2. The van der Waals surface area contributed by atoms with Crippen LogP contribution < -0.4 is 10.2 Å². The number of para-hydroxylation sites is 1. The molecular formula is C23H23N5O2. The van der Waals surface area contributed by atoms with Gasteiger partial charge in [-0.25, -0.2) is 5.43 Å². The Morgan fingerprint density at radius 3 is 2.70 bits per heavy atom. The lowest BCUT2D eigenvalue weighted by Crippen LogP contribution is -2.18. The summed E-state index contributed by atoms with van der Waals surface area (Å²) in [5, 5.41) is 12.2. The van der Waals surface area contributed by atoms with Crippen molar-refractivity contribution in [2.45, 2.75) is 26.9 Å². The van der Waals surface area contributed by atoms with E-state index in [0.29, 0.717) is 11.4 Å². The summed E-state index contributed by atoms with van der Waals surface area (Å²) < 4.78 is 5.65. The van der Waals surface area contributed by atoms with Crippen LogP contribution in [0.2, 0.25) is 0 Å². The zero-order chi connectivity index (χ0) is 21.1. The molecule has 7 heteroatoms. The number of rotatable bonds is 6. The molecule has 0 spiro atoms. The number of hydrazone groups is 1. The van der Waals surface area contributed by atoms with E-state index in [4.69, 9.17) is 4.74 Å². The first-order valence-electron chi connectivity index (χ1n) is 9.74. The van der Waals surface area contributed by atoms with Crippen LogP contribution in [0.4, 0.5) is 0 Å². The van der Waals surface area contributed by atoms with Gasteiger partial charge < -0.3 is 9.72 Å². The number of ether oxygens (including phenoxy) is 1. The molecule has 4 aromatic rings. The Labute approximate surface area is 174 Å². The highest BCUT2D eigenvalue weighted by Crippen LogP contribution is 2.22. The van der Waals surface area contributed by atoms with E-state index in [2.05, 4.69) is 25.7 Å². The fourth-order valence-electron chi connectivity index (χ4n) is 3.24. The average molecular weight is 401 g/mol. The van der Waals surface area contributed by atoms with Crippen molar-refractivity contribution < 1.29 is 9.53 Å². The standard InChI is InChI=1S/C23H23N5O2/c1-14(2)30-17-10-8-16(9-11-17)21-12-22(27-26-21)23(29)28-24-13-19-15(3)25-20-7-5-4-6-18(19)20/h4-14,25H,1-3H3,(H,26,27)(H,28,29). The third-order valence-electron chi connectivity index (χ3n) is 4.65. The fraction of sp³-hybridized carbons (Fsp3) is 0.174. The Hall–Kier alpha value is -3.87. The molecular weight excluding hydrogens is 378 g/mol. The molecule has 2 heterocycles. The molecule has 30 heavy (non-hydrogen) atoms. The number of aryl methyl sites for hydroxylation is 1. The van der Waals surface area contributed by atoms with Crippen LogP contribution in [-0.4, -0.2) is 33.4 Å². The van der Waals surface area contributed by atoms with E-state index in [1.54, 1.807) is 12.3 Å². The summed E-state index contributed by atoms with van der Waals surface area (Å²) in [6.07, 6.45) is 1.77. The van der Waals surface area contributed by atoms with Gasteiger partial charge in [0, 0.05) is 27.7 Å². The van der Waals surface area contributed by atoms with Gasteiger partial charge in [-0.2, -0.15) is 10.2 Å². The van der Waals surface area contributed by atoms with Crippen molar-refractivity contribution in [2.75, 3.05) is 0 Å². The van der Waals surface area contributed by atoms with Gasteiger partial charge in [0.25, 0.3) is 5.91 Å². The van der Waals surface area contributed by atoms with E-state index >= 15 is 0 Å². The molecule has 2 aromatic carbocycles. The zero-order valence-electron chi connectivity index (χ0n) is 17.1. The number of fused-ring (bicyclic) bond motifs is 1. The second kappa shape index (κ2) is 8.24. The first-order valence-corrected chi connectivity index (χ1v) is 9.74. The first kappa shape index (κ1) is 19.4. The van der Waals surface area contributed by atoms with Gasteiger partial charge in [0.2, 0.25) is 0 Å². The van der Waals surface area contributed by atoms with Crippen LogP contribution in [-0.2, 0) is 0 Å². The summed E-state index contributed by atoms with van der Waals surface area (Å²) >= 11 is 0. The molecule has 0 bridgehead atoms. The van der Waals surface area contributed by atoms with Crippen molar-refractivity contribution in [3.05, 3.63) is 71.5 Å². The highest BCUT2D eigenvalue weighted by atomic mass is 16.5. The lowest BCUT2D eigenvalue weighted by Gasteiger charge is -2.09. The highest BCUT2D eigenvalue weighted by molar-refractivity contribution is 6.01. The van der Waals surface area contributed by atoms with Gasteiger partial charge in [-0.1, -0.05) is 18.2 Å². The Balaban J connectivity index is 1.44. The predicted molar refractivity (Wildman–Crippen MR) is 118 cm³/mol. The van der Waals surface area contributed by atoms with Crippen LogP contribution in [0.1, 0.15) is 35.6 Å². The van der Waals surface area contributed by atoms with Gasteiger partial charge in [0.15, 0.2) is 0 Å². The lowest BCUT2D eigenvalue weighted by atomic mass is 10.1. The minimum atomic E-state index is -0.359. The van der Waals surface area contributed by atoms with Crippen LogP contribution in [0.15, 0.2) is 59.7 Å². The molecule has 0 atom stereocenters. The van der Waals surface area contributed by atoms with Gasteiger partial charge in [-0.15, -0.1) is 0 Å². The van der Waals surface area contributed by atoms with Gasteiger partial charge in [-0.05, 0) is 57.2 Å². The van der Waals surface area contributed by atoms with E-state index in [9.17, 15) is 4.79 Å². The maximum atomic E-state index is 12.4. The molecule has 0 fully saturated rings. The Kier molecular flexibility index (Phi) is 5.34. The first-order chi connectivity index (χ1) is 14.5. The van der Waals surface area contributed by atoms with Crippen molar-refractivity contribution in [1.82, 2.24) is 20.6 Å². The SMILES string of the molecule is Cc1[nH]c2ccccc2c1C=NNC(=O)c1cc(-c2ccc(OC(C)C)cc2)n[nH]1. The predicted octanol–water partition coefficient (Wildman–Crippen LogP) is 4.42. The molecule has 0 aliphatic carbocycles. The van der Waals surface area contributed by atoms with Crippen LogP contribution in [0, 0.1) is 6.92 Å². The van der Waals surface area contributed by atoms with E-state index < -0.39 is 0 Å². The molecule has 4 rings (SSSR count). The number of benzene rings is 2. The number of nitrogens with zero attached hydrogens (tertiary/aromatic N) is 2. The molecule has 152 valence electrons. The maximum Gasteiger partial charge on any atom is 0.289 e. The normalized spacial score (nSPS) is 11.5. The quantitative estimate of drug-likeness (QED) is 0.330. The van der Waals surface area contributed by atoms with Gasteiger partial charge in [-0.3, -0.25) is 9.89 Å². The number of carbonyl (C=O) groups is 1. The molecule has 0 saturated heterocycles. The van der Waals surface area contributed by atoms with Gasteiger partial charge in [0.05, 0.1) is 18.0 Å². The summed E-state index contributed by atoms with van der Waals surface area (Å²) in [5.41, 5.74) is 7.41. The molecule has 2 aromatic heterocycles. The van der Waals surface area contributed by atoms with Crippen LogP contribution in [0.5, 0.6) is 5.75 Å². The molecule has 0 radical (unpaired) electrons. The van der Waals surface area contributed by atoms with Crippen molar-refractivity contribution in [2.24, 2.45) is 5.10 Å². The summed E-state index contributed by atoms with van der Waals surface area (Å²) in [5.74, 6) is 0.436. The summed E-state index contributed by atoms with van der Waals surface area (Å²) in [6.45, 7) is 5.94. The topological polar surface area (TPSA) is 95.2 Å². The minimum absolute atomic E-state index is 0.116. The second-order valence-corrected chi connectivity index (χ2v) is 7.27. The van der Waals surface area contributed by atoms with Crippen LogP contribution in [0.3, 0.4) is 0 Å². The Bertz CT molecular complexity index is 1200. The van der Waals surface area contributed by atoms with Crippen molar-refractivity contribution in [3.63, 3.8) is 0 Å². The molecule has 3 N–H and O–H groups in total. The number of aromatic nitrogens is 3. The van der Waals surface area contributed by atoms with Crippen LogP contribution in [0.25, 0.3) is 22.2 Å². The third-order valence-corrected chi connectivity index (χ3v) is 4.65. The maximum absolute atomic E-state index is 12.4. The molecule has 7 nitrogen and oxygen atoms in total. The van der Waals surface area contributed by atoms with Crippen molar-refractivity contribution >= 4 is 23.0 Å². The second-order valence-electron chi connectivity index (χ2n) is 7.27.